The van der Waals surface area contributed by atoms with Crippen molar-refractivity contribution in [1.82, 2.24) is 0 Å². The van der Waals surface area contributed by atoms with E-state index in [1.807, 2.05) is 6.07 Å². The number of hydrogen-bond donors (Lipinski definition) is 1. The smallest absolute Gasteiger partial charge is 0.0226 e. The van der Waals surface area contributed by atoms with Crippen LogP contribution in [-0.4, -0.2) is 40.9 Å². The first-order valence-electron chi connectivity index (χ1n) is 7.36. The van der Waals surface area contributed by atoms with Crippen LogP contribution in [0.1, 0.15) is 0 Å². The first-order valence-corrected chi connectivity index (χ1v) is 10.8. The van der Waals surface area contributed by atoms with Gasteiger partial charge in [-0.2, -0.15) is 0 Å². The minimum absolute atomic E-state index is 0.0231. The maximum Gasteiger partial charge on any atom is -0.0226 e. The molecule has 0 saturated carbocycles. The molecule has 3 aromatic rings. The molecular formula is C18H16NaO3PS. The van der Waals surface area contributed by atoms with Gasteiger partial charge in [-0.25, -0.2) is 0 Å². The van der Waals surface area contributed by atoms with Gasteiger partial charge in [0.05, 0.1) is 0 Å². The minimum atomic E-state index is -4.00. The van der Waals surface area contributed by atoms with Gasteiger partial charge in [-0.1, -0.05) is 69.2 Å². The second-order valence-electron chi connectivity index (χ2n) is 5.15. The molecule has 0 aliphatic heterocycles. The SMILES string of the molecule is O=S(=O)(O)c1ccc[c]([Na])c1.c1ccc(Pc2ccccc2)cc1. The summed E-state index contributed by atoms with van der Waals surface area (Å²) in [4.78, 5) is -0.0231. The van der Waals surface area contributed by atoms with Gasteiger partial charge in [-0.05, 0) is 10.6 Å². The predicted molar refractivity (Wildman–Crippen MR) is 102 cm³/mol. The molecule has 0 aliphatic carbocycles. The Bertz CT molecular complexity index is 832. The fourth-order valence-electron chi connectivity index (χ4n) is 1.99. The second-order valence-corrected chi connectivity index (χ2v) is 9.13. The van der Waals surface area contributed by atoms with Crippen LogP contribution in [0.25, 0.3) is 0 Å². The van der Waals surface area contributed by atoms with Gasteiger partial charge in [0, 0.05) is 0 Å². The molecule has 118 valence electrons. The average molecular weight is 366 g/mol. The largest absolute Gasteiger partial charge is 0.0622 e. The Kier molecular flexibility index (Phi) is 7.63. The monoisotopic (exact) mass is 366 g/mol. The van der Waals surface area contributed by atoms with E-state index in [1.54, 1.807) is 6.07 Å². The molecule has 0 amide bonds. The summed E-state index contributed by atoms with van der Waals surface area (Å²) in [6.07, 6.45) is 0. The van der Waals surface area contributed by atoms with Crippen molar-refractivity contribution in [1.29, 1.82) is 0 Å². The predicted octanol–water partition coefficient (Wildman–Crippen LogP) is 2.04. The zero-order valence-electron chi connectivity index (χ0n) is 13.3. The Balaban J connectivity index is 0.000000177. The van der Waals surface area contributed by atoms with E-state index in [0.717, 1.165) is 39.3 Å². The maximum absolute atomic E-state index is 10.6. The van der Waals surface area contributed by atoms with E-state index >= 15 is 0 Å². The Hall–Kier alpha value is -1.00. The fourth-order valence-corrected chi connectivity index (χ4v) is 4.34. The van der Waals surface area contributed by atoms with Gasteiger partial charge >= 0.3 is 83.0 Å². The normalized spacial score (nSPS) is 10.6. The van der Waals surface area contributed by atoms with Crippen LogP contribution < -0.4 is 13.4 Å². The van der Waals surface area contributed by atoms with Crippen LogP contribution in [-0.2, 0) is 10.1 Å². The molecule has 0 fully saturated rings. The van der Waals surface area contributed by atoms with Gasteiger partial charge < -0.3 is 0 Å². The third-order valence-corrected chi connectivity index (χ3v) is 5.84. The van der Waals surface area contributed by atoms with Crippen molar-refractivity contribution in [2.75, 3.05) is 0 Å². The molecule has 24 heavy (non-hydrogen) atoms. The van der Waals surface area contributed by atoms with E-state index < -0.39 is 10.1 Å². The summed E-state index contributed by atoms with van der Waals surface area (Å²) in [6, 6.07) is 27.4. The summed E-state index contributed by atoms with van der Waals surface area (Å²) in [5.74, 6) is 0. The van der Waals surface area contributed by atoms with Crippen molar-refractivity contribution in [2.24, 2.45) is 0 Å². The molecule has 0 aromatic heterocycles. The zero-order valence-corrected chi connectivity index (χ0v) is 17.1. The van der Waals surface area contributed by atoms with Crippen LogP contribution in [0.3, 0.4) is 0 Å². The van der Waals surface area contributed by atoms with E-state index in [0.29, 0.717) is 0 Å². The van der Waals surface area contributed by atoms with E-state index in [2.05, 4.69) is 60.7 Å². The molecule has 6 heteroatoms. The molecule has 0 heterocycles. The first-order chi connectivity index (χ1) is 11.4. The van der Waals surface area contributed by atoms with Crippen LogP contribution >= 0.6 is 8.58 Å². The molecule has 0 unspecified atom stereocenters. The Morgan fingerprint density at radius 1 is 0.750 bits per heavy atom. The minimum Gasteiger partial charge on any atom is -0.0622 e. The quantitative estimate of drug-likeness (QED) is 0.439. The Morgan fingerprint density at radius 3 is 1.62 bits per heavy atom. The summed E-state index contributed by atoms with van der Waals surface area (Å²) in [6.45, 7) is 0. The van der Waals surface area contributed by atoms with Gasteiger partial charge in [0.2, 0.25) is 0 Å². The van der Waals surface area contributed by atoms with Crippen molar-refractivity contribution in [3.63, 3.8) is 0 Å². The summed E-state index contributed by atoms with van der Waals surface area (Å²) >= 11 is 0.781. The fraction of sp³-hybridized carbons (Fsp3) is 0. The van der Waals surface area contributed by atoms with E-state index in [4.69, 9.17) is 4.55 Å². The van der Waals surface area contributed by atoms with E-state index in [-0.39, 0.29) is 4.90 Å². The van der Waals surface area contributed by atoms with Crippen LogP contribution in [0.15, 0.2) is 89.8 Å². The Labute approximate surface area is 162 Å². The molecule has 0 radical (unpaired) electrons. The molecular weight excluding hydrogens is 350 g/mol. The molecule has 0 spiro atoms. The number of benzene rings is 3. The van der Waals surface area contributed by atoms with Crippen molar-refractivity contribution in [3.05, 3.63) is 84.9 Å². The molecule has 0 saturated heterocycles. The molecule has 1 N–H and O–H groups in total. The van der Waals surface area contributed by atoms with Gasteiger partial charge in [0.25, 0.3) is 0 Å². The topological polar surface area (TPSA) is 54.4 Å². The van der Waals surface area contributed by atoms with Crippen molar-refractivity contribution in [2.45, 2.75) is 4.90 Å². The molecule has 0 atom stereocenters. The van der Waals surface area contributed by atoms with Crippen molar-refractivity contribution < 1.29 is 13.0 Å². The molecule has 0 bridgehead atoms. The van der Waals surface area contributed by atoms with E-state index in [9.17, 15) is 8.42 Å². The standard InChI is InChI=1S/C12H11P.C6H5O3S.Na/c1-3-7-11(8-4-1)13-12-9-5-2-6-10-12;7-10(8,9)6-4-2-1-3-5-6;/h1-10,13H;1-2,4-5H,(H,7,8,9);. The summed E-state index contributed by atoms with van der Waals surface area (Å²) < 4.78 is 30.7. The molecule has 3 rings (SSSR count). The van der Waals surface area contributed by atoms with Gasteiger partial charge in [0.1, 0.15) is 0 Å². The summed E-state index contributed by atoms with van der Waals surface area (Å²) in [7, 11) is -3.23. The summed E-state index contributed by atoms with van der Waals surface area (Å²) in [5.41, 5.74) is 0. The van der Waals surface area contributed by atoms with Crippen LogP contribution in [0.5, 0.6) is 0 Å². The van der Waals surface area contributed by atoms with Crippen molar-refractivity contribution in [3.8, 4) is 0 Å². The summed E-state index contributed by atoms with van der Waals surface area (Å²) in [5, 5.41) is 2.79. The maximum atomic E-state index is 10.6. The van der Waals surface area contributed by atoms with Gasteiger partial charge in [-0.3, -0.25) is 0 Å². The average Bonchev–Trinajstić information content (AvgIpc) is 2.57. The molecule has 3 nitrogen and oxygen atoms in total. The van der Waals surface area contributed by atoms with Gasteiger partial charge in [0.15, 0.2) is 0 Å². The second kappa shape index (κ2) is 9.47. The Morgan fingerprint density at radius 2 is 1.25 bits per heavy atom. The van der Waals surface area contributed by atoms with Crippen LogP contribution in [0.2, 0.25) is 0 Å². The van der Waals surface area contributed by atoms with E-state index in [1.165, 1.54) is 22.7 Å². The van der Waals surface area contributed by atoms with Crippen LogP contribution in [0.4, 0.5) is 0 Å². The first kappa shape index (κ1) is 19.3. The third kappa shape index (κ3) is 6.86. The molecule has 0 aliphatic rings. The number of rotatable bonds is 3. The van der Waals surface area contributed by atoms with Crippen molar-refractivity contribution >= 4 is 60.1 Å². The number of hydrogen-bond acceptors (Lipinski definition) is 2. The van der Waals surface area contributed by atoms with Gasteiger partial charge in [-0.15, -0.1) is 0 Å². The third-order valence-electron chi connectivity index (χ3n) is 3.12. The molecule has 3 aromatic carbocycles. The zero-order chi connectivity index (χ0) is 17.4. The van der Waals surface area contributed by atoms with Crippen LogP contribution in [0, 0.1) is 0 Å².